The summed E-state index contributed by atoms with van der Waals surface area (Å²) < 4.78 is 23.6. The van der Waals surface area contributed by atoms with Gasteiger partial charge in [0.25, 0.3) is 5.89 Å². The Bertz CT molecular complexity index is 1030. The second-order valence-electron chi connectivity index (χ2n) is 5.36. The smallest absolute Gasteiger partial charge is 0.250 e. The average Bonchev–Trinajstić information content (AvgIpc) is 3.32. The summed E-state index contributed by atoms with van der Waals surface area (Å²) in [6.45, 7) is 0.163. The molecule has 0 fully saturated rings. The van der Waals surface area contributed by atoms with Crippen LogP contribution in [-0.2, 0) is 6.54 Å². The van der Waals surface area contributed by atoms with Crippen LogP contribution in [0, 0.1) is 5.82 Å². The van der Waals surface area contributed by atoms with Crippen LogP contribution in [0.3, 0.4) is 0 Å². The fourth-order valence-corrected chi connectivity index (χ4v) is 2.40. The number of nitrogens with zero attached hydrogens (tertiary/aromatic N) is 6. The Morgan fingerprint density at radius 2 is 1.88 bits per heavy atom. The van der Waals surface area contributed by atoms with Gasteiger partial charge in [-0.3, -0.25) is 0 Å². The van der Waals surface area contributed by atoms with Gasteiger partial charge in [0.15, 0.2) is 0 Å². The highest BCUT2D eigenvalue weighted by Gasteiger charge is 2.14. The van der Waals surface area contributed by atoms with E-state index in [9.17, 15) is 4.39 Å². The highest BCUT2D eigenvalue weighted by Crippen LogP contribution is 2.27. The zero-order chi connectivity index (χ0) is 17.9. The molecule has 0 N–H and O–H groups in total. The number of halogens is 1. The van der Waals surface area contributed by atoms with E-state index in [1.807, 2.05) is 24.3 Å². The number of tetrazole rings is 1. The van der Waals surface area contributed by atoms with Gasteiger partial charge in [-0.25, -0.2) is 4.39 Å². The quantitative estimate of drug-likeness (QED) is 0.545. The molecule has 26 heavy (non-hydrogen) atoms. The van der Waals surface area contributed by atoms with Crippen LogP contribution in [0.25, 0.3) is 22.8 Å². The molecule has 0 aliphatic carbocycles. The van der Waals surface area contributed by atoms with Crippen LogP contribution >= 0.6 is 0 Å². The second kappa shape index (κ2) is 6.71. The summed E-state index contributed by atoms with van der Waals surface area (Å²) in [6.07, 6.45) is 0. The Hall–Kier alpha value is -3.62. The normalized spacial score (nSPS) is 10.8. The standard InChI is InChI=1S/C17H13FN6O2/c1-25-14-5-3-2-4-13(14)17-19-15(26-22-17)10-24-21-16(20-23-24)11-6-8-12(18)9-7-11/h2-9H,10H2,1H3. The topological polar surface area (TPSA) is 91.8 Å². The van der Waals surface area contributed by atoms with Crippen LogP contribution in [0.5, 0.6) is 5.75 Å². The summed E-state index contributed by atoms with van der Waals surface area (Å²) in [5.41, 5.74) is 1.39. The van der Waals surface area contributed by atoms with Crippen molar-refractivity contribution >= 4 is 0 Å². The van der Waals surface area contributed by atoms with E-state index >= 15 is 0 Å². The predicted octanol–water partition coefficient (Wildman–Crippen LogP) is 2.59. The Labute approximate surface area is 147 Å². The van der Waals surface area contributed by atoms with Gasteiger partial charge in [-0.05, 0) is 41.6 Å². The van der Waals surface area contributed by atoms with Gasteiger partial charge in [0.1, 0.15) is 18.1 Å². The zero-order valence-corrected chi connectivity index (χ0v) is 13.7. The number of rotatable bonds is 5. The minimum absolute atomic E-state index is 0.163. The number of methoxy groups -OCH3 is 1. The van der Waals surface area contributed by atoms with Gasteiger partial charge in [0.2, 0.25) is 11.6 Å². The number of hydrogen-bond donors (Lipinski definition) is 0. The van der Waals surface area contributed by atoms with Crippen molar-refractivity contribution in [3.05, 3.63) is 60.2 Å². The molecule has 2 aromatic carbocycles. The monoisotopic (exact) mass is 352 g/mol. The minimum Gasteiger partial charge on any atom is -0.496 e. The van der Waals surface area contributed by atoms with Gasteiger partial charge in [-0.2, -0.15) is 9.78 Å². The van der Waals surface area contributed by atoms with Gasteiger partial charge in [0, 0.05) is 5.56 Å². The van der Waals surface area contributed by atoms with Crippen LogP contribution < -0.4 is 4.74 Å². The number of ether oxygens (including phenoxy) is 1. The van der Waals surface area contributed by atoms with Crippen LogP contribution in [0.2, 0.25) is 0 Å². The summed E-state index contributed by atoms with van der Waals surface area (Å²) in [7, 11) is 1.58. The number of hydrogen-bond acceptors (Lipinski definition) is 7. The molecule has 8 nitrogen and oxygen atoms in total. The van der Waals surface area contributed by atoms with Gasteiger partial charge in [-0.1, -0.05) is 17.3 Å². The molecule has 0 saturated carbocycles. The fraction of sp³-hybridized carbons (Fsp3) is 0.118. The largest absolute Gasteiger partial charge is 0.496 e. The number of benzene rings is 2. The van der Waals surface area contributed by atoms with Crippen molar-refractivity contribution in [2.75, 3.05) is 7.11 Å². The molecule has 9 heteroatoms. The average molecular weight is 352 g/mol. The molecule has 130 valence electrons. The zero-order valence-electron chi connectivity index (χ0n) is 13.7. The van der Waals surface area contributed by atoms with Crippen molar-refractivity contribution in [3.63, 3.8) is 0 Å². The molecule has 0 aliphatic rings. The number of aromatic nitrogens is 6. The van der Waals surface area contributed by atoms with Crippen LogP contribution in [0.15, 0.2) is 53.1 Å². The van der Waals surface area contributed by atoms with Gasteiger partial charge in [0.05, 0.1) is 12.7 Å². The molecule has 2 heterocycles. The predicted molar refractivity (Wildman–Crippen MR) is 88.6 cm³/mol. The molecule has 0 saturated heterocycles. The first kappa shape index (κ1) is 15.9. The lowest BCUT2D eigenvalue weighted by Gasteiger charge is -2.02. The first-order valence-electron chi connectivity index (χ1n) is 7.72. The van der Waals surface area contributed by atoms with Crippen molar-refractivity contribution < 1.29 is 13.7 Å². The Morgan fingerprint density at radius 1 is 1.08 bits per heavy atom. The van der Waals surface area contributed by atoms with Crippen molar-refractivity contribution in [3.8, 4) is 28.5 Å². The van der Waals surface area contributed by atoms with E-state index in [0.29, 0.717) is 28.9 Å². The van der Waals surface area contributed by atoms with Crippen LogP contribution in [0.4, 0.5) is 4.39 Å². The SMILES string of the molecule is COc1ccccc1-c1noc(Cn2nnc(-c3ccc(F)cc3)n2)n1. The molecule has 0 spiro atoms. The molecule has 2 aromatic heterocycles. The highest BCUT2D eigenvalue weighted by molar-refractivity contribution is 5.63. The van der Waals surface area contributed by atoms with E-state index in [1.165, 1.54) is 16.9 Å². The first-order valence-corrected chi connectivity index (χ1v) is 7.72. The first-order chi connectivity index (χ1) is 12.7. The van der Waals surface area contributed by atoms with Gasteiger partial charge >= 0.3 is 0 Å². The minimum atomic E-state index is -0.323. The molecule has 4 rings (SSSR count). The maximum atomic E-state index is 13.0. The van der Waals surface area contributed by atoms with Crippen molar-refractivity contribution in [2.45, 2.75) is 6.54 Å². The Balaban J connectivity index is 1.54. The number of para-hydroxylation sites is 1. The molecule has 0 amide bonds. The van der Waals surface area contributed by atoms with Crippen LogP contribution in [-0.4, -0.2) is 37.5 Å². The van der Waals surface area contributed by atoms with E-state index in [2.05, 4.69) is 25.6 Å². The molecular weight excluding hydrogens is 339 g/mol. The summed E-state index contributed by atoms with van der Waals surface area (Å²) in [5, 5.41) is 16.1. The summed E-state index contributed by atoms with van der Waals surface area (Å²) >= 11 is 0. The van der Waals surface area contributed by atoms with Gasteiger partial charge < -0.3 is 9.26 Å². The van der Waals surface area contributed by atoms with E-state index in [1.54, 1.807) is 19.2 Å². The Morgan fingerprint density at radius 3 is 2.69 bits per heavy atom. The summed E-state index contributed by atoms with van der Waals surface area (Å²) in [6, 6.07) is 13.2. The molecule has 0 atom stereocenters. The molecule has 0 unspecified atom stereocenters. The molecule has 4 aromatic rings. The Kier molecular flexibility index (Phi) is 4.10. The van der Waals surface area contributed by atoms with E-state index < -0.39 is 0 Å². The van der Waals surface area contributed by atoms with E-state index in [4.69, 9.17) is 9.26 Å². The van der Waals surface area contributed by atoms with Crippen molar-refractivity contribution in [2.24, 2.45) is 0 Å². The molecule has 0 bridgehead atoms. The molecule has 0 aliphatic heterocycles. The maximum absolute atomic E-state index is 13.0. The third-order valence-corrected chi connectivity index (χ3v) is 3.65. The second-order valence-corrected chi connectivity index (χ2v) is 5.36. The fourth-order valence-electron chi connectivity index (χ4n) is 2.40. The summed E-state index contributed by atoms with van der Waals surface area (Å²) in [4.78, 5) is 5.67. The van der Waals surface area contributed by atoms with E-state index in [0.717, 1.165) is 5.56 Å². The summed E-state index contributed by atoms with van der Waals surface area (Å²) in [5.74, 6) is 1.45. The molecular formula is C17H13FN6O2. The van der Waals surface area contributed by atoms with Crippen molar-refractivity contribution in [1.29, 1.82) is 0 Å². The van der Waals surface area contributed by atoms with Crippen LogP contribution in [0.1, 0.15) is 5.89 Å². The van der Waals surface area contributed by atoms with E-state index in [-0.39, 0.29) is 12.4 Å². The third kappa shape index (κ3) is 3.14. The maximum Gasteiger partial charge on any atom is 0.250 e. The van der Waals surface area contributed by atoms with Gasteiger partial charge in [-0.15, -0.1) is 10.2 Å². The molecule has 0 radical (unpaired) electrons. The van der Waals surface area contributed by atoms with Crippen molar-refractivity contribution in [1.82, 2.24) is 30.3 Å². The lowest BCUT2D eigenvalue weighted by molar-refractivity contribution is 0.356. The lowest BCUT2D eigenvalue weighted by atomic mass is 10.2. The highest BCUT2D eigenvalue weighted by atomic mass is 19.1. The lowest BCUT2D eigenvalue weighted by Crippen LogP contribution is -2.04. The third-order valence-electron chi connectivity index (χ3n) is 3.65.